The SMILES string of the molecule is Cc1nc(C(=O)NC2CCNCC2)nn1-c1ccccc1C(C)C. The Hall–Kier alpha value is -2.21. The van der Waals surface area contributed by atoms with Crippen LogP contribution in [-0.2, 0) is 0 Å². The lowest BCUT2D eigenvalue weighted by atomic mass is 10.0. The van der Waals surface area contributed by atoms with Gasteiger partial charge in [0, 0.05) is 6.04 Å². The molecule has 1 aromatic carbocycles. The van der Waals surface area contributed by atoms with Crippen molar-refractivity contribution < 1.29 is 4.79 Å². The standard InChI is InChI=1S/C18H25N5O/c1-12(2)15-6-4-5-7-16(15)23-13(3)20-17(22-23)18(24)21-14-8-10-19-11-9-14/h4-7,12,14,19H,8-11H2,1-3H3,(H,21,24). The summed E-state index contributed by atoms with van der Waals surface area (Å²) in [6.07, 6.45) is 1.89. The van der Waals surface area contributed by atoms with Crippen molar-refractivity contribution in [3.8, 4) is 5.69 Å². The predicted molar refractivity (Wildman–Crippen MR) is 93.5 cm³/mol. The lowest BCUT2D eigenvalue weighted by molar-refractivity contribution is 0.0919. The zero-order valence-electron chi connectivity index (χ0n) is 14.5. The minimum Gasteiger partial charge on any atom is -0.346 e. The molecule has 2 heterocycles. The van der Waals surface area contributed by atoms with Gasteiger partial charge < -0.3 is 10.6 Å². The summed E-state index contributed by atoms with van der Waals surface area (Å²) in [6.45, 7) is 8.05. The average Bonchev–Trinajstić information content (AvgIpc) is 2.97. The molecular formula is C18H25N5O. The molecule has 0 bridgehead atoms. The van der Waals surface area contributed by atoms with Crippen LogP contribution in [0.2, 0.25) is 0 Å². The van der Waals surface area contributed by atoms with Crippen molar-refractivity contribution in [2.45, 2.75) is 45.6 Å². The normalized spacial score (nSPS) is 15.7. The second-order valence-electron chi connectivity index (χ2n) is 6.61. The van der Waals surface area contributed by atoms with Gasteiger partial charge in [-0.3, -0.25) is 4.79 Å². The van der Waals surface area contributed by atoms with Crippen LogP contribution in [0.5, 0.6) is 0 Å². The third-order valence-corrected chi connectivity index (χ3v) is 4.43. The molecule has 0 spiro atoms. The van der Waals surface area contributed by atoms with E-state index in [0.29, 0.717) is 5.92 Å². The minimum atomic E-state index is -0.189. The fourth-order valence-electron chi connectivity index (χ4n) is 3.10. The van der Waals surface area contributed by atoms with E-state index in [1.807, 2.05) is 25.1 Å². The van der Waals surface area contributed by atoms with Gasteiger partial charge in [0.25, 0.3) is 5.91 Å². The first-order valence-electron chi connectivity index (χ1n) is 8.61. The van der Waals surface area contributed by atoms with Gasteiger partial charge >= 0.3 is 0 Å². The van der Waals surface area contributed by atoms with E-state index in [1.165, 1.54) is 5.56 Å². The maximum atomic E-state index is 12.5. The second kappa shape index (κ2) is 7.13. The van der Waals surface area contributed by atoms with Gasteiger partial charge in [0.05, 0.1) is 5.69 Å². The topological polar surface area (TPSA) is 71.8 Å². The molecule has 1 aliphatic rings. The first-order chi connectivity index (χ1) is 11.6. The number of amides is 1. The van der Waals surface area contributed by atoms with Crippen LogP contribution in [0.4, 0.5) is 0 Å². The molecule has 1 aliphatic heterocycles. The Morgan fingerprint density at radius 1 is 1.29 bits per heavy atom. The zero-order valence-corrected chi connectivity index (χ0v) is 14.5. The van der Waals surface area contributed by atoms with Gasteiger partial charge in [-0.15, -0.1) is 5.10 Å². The second-order valence-corrected chi connectivity index (χ2v) is 6.61. The lowest BCUT2D eigenvalue weighted by Crippen LogP contribution is -2.43. The molecule has 1 aromatic heterocycles. The molecule has 2 N–H and O–H groups in total. The van der Waals surface area contributed by atoms with Crippen LogP contribution in [0.15, 0.2) is 24.3 Å². The monoisotopic (exact) mass is 327 g/mol. The van der Waals surface area contributed by atoms with Gasteiger partial charge in [0.1, 0.15) is 5.82 Å². The fraction of sp³-hybridized carbons (Fsp3) is 0.500. The molecule has 128 valence electrons. The number of para-hydroxylation sites is 1. The molecule has 1 saturated heterocycles. The van der Waals surface area contributed by atoms with Gasteiger partial charge in [-0.2, -0.15) is 0 Å². The smallest absolute Gasteiger partial charge is 0.291 e. The van der Waals surface area contributed by atoms with E-state index in [2.05, 4.69) is 40.6 Å². The highest BCUT2D eigenvalue weighted by molar-refractivity contribution is 5.90. The summed E-state index contributed by atoms with van der Waals surface area (Å²) < 4.78 is 1.77. The zero-order chi connectivity index (χ0) is 17.1. The Bertz CT molecular complexity index is 716. The van der Waals surface area contributed by atoms with Gasteiger partial charge in [-0.25, -0.2) is 9.67 Å². The van der Waals surface area contributed by atoms with Crippen LogP contribution in [0, 0.1) is 6.92 Å². The van der Waals surface area contributed by atoms with Gasteiger partial charge in [0.15, 0.2) is 0 Å². The third-order valence-electron chi connectivity index (χ3n) is 4.43. The highest BCUT2D eigenvalue weighted by Crippen LogP contribution is 2.23. The predicted octanol–water partition coefficient (Wildman–Crippen LogP) is 2.18. The molecule has 0 atom stereocenters. The Morgan fingerprint density at radius 2 is 2.00 bits per heavy atom. The van der Waals surface area contributed by atoms with Crippen molar-refractivity contribution in [2.75, 3.05) is 13.1 Å². The molecule has 1 amide bonds. The fourth-order valence-corrected chi connectivity index (χ4v) is 3.10. The summed E-state index contributed by atoms with van der Waals surface area (Å²) in [4.78, 5) is 16.8. The van der Waals surface area contributed by atoms with E-state index in [0.717, 1.165) is 37.4 Å². The van der Waals surface area contributed by atoms with Crippen molar-refractivity contribution in [1.29, 1.82) is 0 Å². The molecular weight excluding hydrogens is 302 g/mol. The van der Waals surface area contributed by atoms with E-state index in [4.69, 9.17) is 0 Å². The average molecular weight is 327 g/mol. The van der Waals surface area contributed by atoms with Crippen LogP contribution in [0.3, 0.4) is 0 Å². The number of carbonyl (C=O) groups is 1. The first-order valence-corrected chi connectivity index (χ1v) is 8.61. The van der Waals surface area contributed by atoms with Crippen molar-refractivity contribution in [2.24, 2.45) is 0 Å². The quantitative estimate of drug-likeness (QED) is 0.903. The van der Waals surface area contributed by atoms with Crippen molar-refractivity contribution in [1.82, 2.24) is 25.4 Å². The maximum Gasteiger partial charge on any atom is 0.291 e. The number of aryl methyl sites for hydroxylation is 1. The summed E-state index contributed by atoms with van der Waals surface area (Å²) in [5.74, 6) is 1.14. The number of aromatic nitrogens is 3. The molecule has 1 fully saturated rings. The summed E-state index contributed by atoms with van der Waals surface area (Å²) in [5, 5.41) is 10.8. The number of rotatable bonds is 4. The molecule has 0 aliphatic carbocycles. The number of hydrogen-bond donors (Lipinski definition) is 2. The largest absolute Gasteiger partial charge is 0.346 e. The lowest BCUT2D eigenvalue weighted by Gasteiger charge is -2.22. The highest BCUT2D eigenvalue weighted by Gasteiger charge is 2.21. The molecule has 0 radical (unpaired) electrons. The van der Waals surface area contributed by atoms with E-state index in [-0.39, 0.29) is 17.8 Å². The van der Waals surface area contributed by atoms with E-state index in [1.54, 1.807) is 4.68 Å². The minimum absolute atomic E-state index is 0.189. The Kier molecular flexibility index (Phi) is 4.94. The molecule has 3 rings (SSSR count). The molecule has 24 heavy (non-hydrogen) atoms. The number of benzene rings is 1. The summed E-state index contributed by atoms with van der Waals surface area (Å²) in [5.41, 5.74) is 2.18. The number of piperidine rings is 1. The highest BCUT2D eigenvalue weighted by atomic mass is 16.2. The third kappa shape index (κ3) is 3.48. The Morgan fingerprint density at radius 3 is 2.71 bits per heavy atom. The number of nitrogens with zero attached hydrogens (tertiary/aromatic N) is 3. The van der Waals surface area contributed by atoms with Gasteiger partial charge in [-0.05, 0) is 50.4 Å². The van der Waals surface area contributed by atoms with Crippen molar-refractivity contribution in [3.63, 3.8) is 0 Å². The van der Waals surface area contributed by atoms with Gasteiger partial charge in [0.2, 0.25) is 5.82 Å². The first kappa shape index (κ1) is 16.6. The Balaban J connectivity index is 1.84. The van der Waals surface area contributed by atoms with E-state index >= 15 is 0 Å². The van der Waals surface area contributed by atoms with Crippen LogP contribution < -0.4 is 10.6 Å². The summed E-state index contributed by atoms with van der Waals surface area (Å²) in [6, 6.07) is 8.32. The number of carbonyl (C=O) groups excluding carboxylic acids is 1. The van der Waals surface area contributed by atoms with Crippen molar-refractivity contribution >= 4 is 5.91 Å². The van der Waals surface area contributed by atoms with Crippen molar-refractivity contribution in [3.05, 3.63) is 41.5 Å². The molecule has 0 saturated carbocycles. The summed E-state index contributed by atoms with van der Waals surface area (Å²) in [7, 11) is 0. The molecule has 6 heteroatoms. The van der Waals surface area contributed by atoms with Crippen LogP contribution in [0.25, 0.3) is 5.69 Å². The van der Waals surface area contributed by atoms with Crippen LogP contribution in [0.1, 0.15) is 54.6 Å². The van der Waals surface area contributed by atoms with Crippen LogP contribution >= 0.6 is 0 Å². The van der Waals surface area contributed by atoms with E-state index < -0.39 is 0 Å². The molecule has 6 nitrogen and oxygen atoms in total. The number of hydrogen-bond acceptors (Lipinski definition) is 4. The number of nitrogens with one attached hydrogen (secondary N) is 2. The van der Waals surface area contributed by atoms with E-state index in [9.17, 15) is 4.79 Å². The molecule has 0 unspecified atom stereocenters. The molecule has 2 aromatic rings. The van der Waals surface area contributed by atoms with Crippen LogP contribution in [-0.4, -0.2) is 39.8 Å². The summed E-state index contributed by atoms with van der Waals surface area (Å²) >= 11 is 0. The maximum absolute atomic E-state index is 12.5. The Labute approximate surface area is 142 Å². The van der Waals surface area contributed by atoms with Gasteiger partial charge in [-0.1, -0.05) is 32.0 Å².